The van der Waals surface area contributed by atoms with Crippen molar-refractivity contribution in [1.82, 2.24) is 4.98 Å². The number of rotatable bonds is 2. The number of fused-ring (bicyclic) bond motifs is 3. The molecule has 0 atom stereocenters. The van der Waals surface area contributed by atoms with Crippen LogP contribution in [0.1, 0.15) is 12.6 Å². The van der Waals surface area contributed by atoms with Gasteiger partial charge >= 0.3 is 6.18 Å². The molecule has 1 aromatic heterocycles. The van der Waals surface area contributed by atoms with Gasteiger partial charge in [0.1, 0.15) is 5.69 Å². The molecule has 2 aromatic carbocycles. The van der Waals surface area contributed by atoms with Crippen LogP contribution in [0.5, 0.6) is 0 Å². The van der Waals surface area contributed by atoms with Gasteiger partial charge in [-0.2, -0.15) is 13.2 Å². The van der Waals surface area contributed by atoms with Gasteiger partial charge in [-0.15, -0.1) is 0 Å². The molecule has 0 aliphatic heterocycles. The first-order valence-corrected chi connectivity index (χ1v) is 6.64. The van der Waals surface area contributed by atoms with E-state index >= 15 is 0 Å². The Morgan fingerprint density at radius 3 is 2.52 bits per heavy atom. The van der Waals surface area contributed by atoms with Crippen LogP contribution in [0.15, 0.2) is 42.5 Å². The highest BCUT2D eigenvalue weighted by Gasteiger charge is 2.33. The molecule has 0 bridgehead atoms. The number of alkyl halides is 3. The van der Waals surface area contributed by atoms with Crippen molar-refractivity contribution in [2.75, 3.05) is 11.9 Å². The Balaban J connectivity index is 2.42. The molecule has 2 nitrogen and oxygen atoms in total. The molecule has 0 radical (unpaired) electrons. The number of halogens is 3. The van der Waals surface area contributed by atoms with Gasteiger partial charge < -0.3 is 5.32 Å². The van der Waals surface area contributed by atoms with E-state index in [0.29, 0.717) is 23.1 Å². The van der Waals surface area contributed by atoms with Crippen molar-refractivity contribution >= 4 is 27.4 Å². The smallest absolute Gasteiger partial charge is 0.385 e. The van der Waals surface area contributed by atoms with Crippen LogP contribution < -0.4 is 5.32 Å². The Labute approximate surface area is 119 Å². The highest BCUT2D eigenvalue weighted by molar-refractivity contribution is 6.09. The molecule has 108 valence electrons. The summed E-state index contributed by atoms with van der Waals surface area (Å²) in [5.41, 5.74) is -0.0400. The quantitative estimate of drug-likeness (QED) is 0.683. The van der Waals surface area contributed by atoms with E-state index in [9.17, 15) is 13.2 Å². The normalized spacial score (nSPS) is 12.0. The van der Waals surface area contributed by atoms with Crippen LogP contribution in [0.4, 0.5) is 18.9 Å². The van der Waals surface area contributed by atoms with Gasteiger partial charge in [0, 0.05) is 23.0 Å². The number of pyridine rings is 1. The molecule has 0 spiro atoms. The fourth-order valence-corrected chi connectivity index (χ4v) is 2.44. The maximum Gasteiger partial charge on any atom is 0.433 e. The van der Waals surface area contributed by atoms with Crippen molar-refractivity contribution < 1.29 is 13.2 Å². The van der Waals surface area contributed by atoms with E-state index in [1.165, 1.54) is 0 Å². The summed E-state index contributed by atoms with van der Waals surface area (Å²) in [5.74, 6) is 0. The molecule has 1 heterocycles. The molecule has 0 unspecified atom stereocenters. The summed E-state index contributed by atoms with van der Waals surface area (Å²) in [6.45, 7) is 2.39. The lowest BCUT2D eigenvalue weighted by molar-refractivity contribution is -0.140. The standard InChI is InChI=1S/C16H13F3N2/c1-2-20-13-9-14(16(17,18)19)21-15-11-6-4-3-5-10(11)7-8-12(13)15/h3-9H,2H2,1H3,(H,20,21). The summed E-state index contributed by atoms with van der Waals surface area (Å²) in [4.78, 5) is 3.85. The van der Waals surface area contributed by atoms with Gasteiger partial charge in [-0.3, -0.25) is 0 Å². The average molecular weight is 290 g/mol. The van der Waals surface area contributed by atoms with Gasteiger partial charge in [-0.1, -0.05) is 36.4 Å². The first-order chi connectivity index (χ1) is 10.0. The highest BCUT2D eigenvalue weighted by Crippen LogP contribution is 2.35. The first-order valence-electron chi connectivity index (χ1n) is 6.64. The number of hydrogen-bond donors (Lipinski definition) is 1. The number of anilines is 1. The third-order valence-electron chi connectivity index (χ3n) is 3.36. The molecule has 5 heteroatoms. The van der Waals surface area contributed by atoms with E-state index in [-0.39, 0.29) is 0 Å². The molecule has 3 rings (SSSR count). The fourth-order valence-electron chi connectivity index (χ4n) is 2.44. The van der Waals surface area contributed by atoms with Gasteiger partial charge in [0.25, 0.3) is 0 Å². The van der Waals surface area contributed by atoms with Crippen LogP contribution in [-0.4, -0.2) is 11.5 Å². The zero-order valence-corrected chi connectivity index (χ0v) is 11.3. The zero-order chi connectivity index (χ0) is 15.0. The summed E-state index contributed by atoms with van der Waals surface area (Å²) in [6.07, 6.45) is -4.46. The molecule has 0 amide bonds. The first kappa shape index (κ1) is 13.7. The minimum atomic E-state index is -4.46. The Morgan fingerprint density at radius 2 is 1.81 bits per heavy atom. The predicted molar refractivity (Wildman–Crippen MR) is 78.4 cm³/mol. The molecule has 0 aliphatic carbocycles. The number of aromatic nitrogens is 1. The predicted octanol–water partition coefficient (Wildman–Crippen LogP) is 4.84. The van der Waals surface area contributed by atoms with E-state index in [2.05, 4.69) is 10.3 Å². The average Bonchev–Trinajstić information content (AvgIpc) is 2.46. The van der Waals surface area contributed by atoms with Gasteiger partial charge in [-0.25, -0.2) is 4.98 Å². The molecule has 1 N–H and O–H groups in total. The molecule has 21 heavy (non-hydrogen) atoms. The minimum Gasteiger partial charge on any atom is -0.385 e. The van der Waals surface area contributed by atoms with E-state index < -0.39 is 11.9 Å². The topological polar surface area (TPSA) is 24.9 Å². The Hall–Kier alpha value is -2.30. The number of hydrogen-bond acceptors (Lipinski definition) is 2. The van der Waals surface area contributed by atoms with Crippen molar-refractivity contribution in [2.45, 2.75) is 13.1 Å². The third-order valence-corrected chi connectivity index (χ3v) is 3.36. The zero-order valence-electron chi connectivity index (χ0n) is 11.3. The minimum absolute atomic E-state index is 0.374. The van der Waals surface area contributed by atoms with Crippen LogP contribution in [-0.2, 0) is 6.18 Å². The maximum atomic E-state index is 13.0. The van der Waals surface area contributed by atoms with E-state index in [1.807, 2.05) is 31.2 Å². The SMILES string of the molecule is CCNc1cc(C(F)(F)F)nc2c1ccc1ccccc12. The summed E-state index contributed by atoms with van der Waals surface area (Å²) in [6, 6.07) is 12.1. The Morgan fingerprint density at radius 1 is 1.05 bits per heavy atom. The van der Waals surface area contributed by atoms with Crippen LogP contribution >= 0.6 is 0 Å². The molecular weight excluding hydrogens is 277 g/mol. The van der Waals surface area contributed by atoms with Crippen molar-refractivity contribution in [3.05, 3.63) is 48.2 Å². The summed E-state index contributed by atoms with van der Waals surface area (Å²) in [7, 11) is 0. The number of nitrogens with zero attached hydrogens (tertiary/aromatic N) is 1. The van der Waals surface area contributed by atoms with Crippen LogP contribution in [0.2, 0.25) is 0 Å². The lowest BCUT2D eigenvalue weighted by atomic mass is 10.0. The van der Waals surface area contributed by atoms with Gasteiger partial charge in [0.2, 0.25) is 0 Å². The molecule has 0 saturated carbocycles. The van der Waals surface area contributed by atoms with Crippen LogP contribution in [0, 0.1) is 0 Å². The van der Waals surface area contributed by atoms with Crippen molar-refractivity contribution in [3.63, 3.8) is 0 Å². The third kappa shape index (κ3) is 2.39. The second-order valence-electron chi connectivity index (χ2n) is 4.77. The highest BCUT2D eigenvalue weighted by atomic mass is 19.4. The van der Waals surface area contributed by atoms with Gasteiger partial charge in [-0.05, 0) is 18.4 Å². The number of benzene rings is 2. The Kier molecular flexibility index (Phi) is 3.20. The second-order valence-corrected chi connectivity index (χ2v) is 4.77. The lowest BCUT2D eigenvalue weighted by Crippen LogP contribution is -2.10. The van der Waals surface area contributed by atoms with E-state index in [0.717, 1.165) is 16.8 Å². The van der Waals surface area contributed by atoms with Crippen molar-refractivity contribution in [2.24, 2.45) is 0 Å². The molecule has 0 saturated heterocycles. The molecule has 3 aromatic rings. The van der Waals surface area contributed by atoms with Crippen LogP contribution in [0.25, 0.3) is 21.7 Å². The van der Waals surface area contributed by atoms with Gasteiger partial charge in [0.15, 0.2) is 0 Å². The summed E-state index contributed by atoms with van der Waals surface area (Å²) >= 11 is 0. The second kappa shape index (κ2) is 4.91. The molecule has 0 fully saturated rings. The number of nitrogens with one attached hydrogen (secondary N) is 1. The fraction of sp³-hybridized carbons (Fsp3) is 0.188. The molecular formula is C16H13F3N2. The van der Waals surface area contributed by atoms with E-state index in [1.54, 1.807) is 12.1 Å². The van der Waals surface area contributed by atoms with Crippen LogP contribution in [0.3, 0.4) is 0 Å². The lowest BCUT2D eigenvalue weighted by Gasteiger charge is -2.14. The maximum absolute atomic E-state index is 13.0. The van der Waals surface area contributed by atoms with Crippen molar-refractivity contribution in [3.8, 4) is 0 Å². The van der Waals surface area contributed by atoms with Crippen molar-refractivity contribution in [1.29, 1.82) is 0 Å². The monoisotopic (exact) mass is 290 g/mol. The van der Waals surface area contributed by atoms with E-state index in [4.69, 9.17) is 0 Å². The Bertz CT molecular complexity index is 810. The summed E-state index contributed by atoms with van der Waals surface area (Å²) in [5, 5.41) is 5.28. The van der Waals surface area contributed by atoms with Gasteiger partial charge in [0.05, 0.1) is 5.52 Å². The molecule has 0 aliphatic rings. The summed E-state index contributed by atoms with van der Waals surface area (Å²) < 4.78 is 39.1. The largest absolute Gasteiger partial charge is 0.433 e.